The minimum atomic E-state index is 0.0122. The van der Waals surface area contributed by atoms with Crippen molar-refractivity contribution in [3.05, 3.63) is 72.3 Å². The lowest BCUT2D eigenvalue weighted by Gasteiger charge is -2.28. The summed E-state index contributed by atoms with van der Waals surface area (Å²) in [5.41, 5.74) is 4.04. The van der Waals surface area contributed by atoms with E-state index in [2.05, 4.69) is 32.7 Å². The zero-order valence-corrected chi connectivity index (χ0v) is 21.3. The van der Waals surface area contributed by atoms with E-state index in [0.717, 1.165) is 74.6 Å². The van der Waals surface area contributed by atoms with Crippen LogP contribution < -0.4 is 15.4 Å². The van der Waals surface area contributed by atoms with Crippen molar-refractivity contribution >= 4 is 11.6 Å². The predicted octanol–water partition coefficient (Wildman–Crippen LogP) is 4.55. The smallest absolute Gasteiger partial charge is 0.227 e. The Kier molecular flexibility index (Phi) is 7.68. The maximum Gasteiger partial charge on any atom is 0.227 e. The van der Waals surface area contributed by atoms with Gasteiger partial charge in [0.05, 0.1) is 18.1 Å². The van der Waals surface area contributed by atoms with Gasteiger partial charge >= 0.3 is 0 Å². The molecule has 2 N–H and O–H groups in total. The van der Waals surface area contributed by atoms with Crippen LogP contribution in [0.1, 0.15) is 43.4 Å². The van der Waals surface area contributed by atoms with Crippen molar-refractivity contribution in [1.82, 2.24) is 19.8 Å². The Bertz CT molecular complexity index is 1150. The Morgan fingerprint density at radius 2 is 1.89 bits per heavy atom. The molecule has 2 aromatic carbocycles. The molecule has 2 fully saturated rings. The van der Waals surface area contributed by atoms with Crippen LogP contribution in [0.25, 0.3) is 5.69 Å². The number of hydrogen-bond acceptors (Lipinski definition) is 5. The quantitative estimate of drug-likeness (QED) is 0.488. The number of benzene rings is 2. The molecule has 1 aromatic heterocycles. The molecule has 2 heterocycles. The lowest BCUT2D eigenvalue weighted by atomic mass is 9.86. The molecule has 5 rings (SSSR count). The van der Waals surface area contributed by atoms with E-state index in [4.69, 9.17) is 4.74 Å². The first-order valence-corrected chi connectivity index (χ1v) is 13.1. The van der Waals surface area contributed by atoms with Gasteiger partial charge in [-0.15, -0.1) is 0 Å². The highest BCUT2D eigenvalue weighted by molar-refractivity contribution is 5.93. The second-order valence-corrected chi connectivity index (χ2v) is 10.2. The fourth-order valence-electron chi connectivity index (χ4n) is 5.40. The molecule has 0 bridgehead atoms. The van der Waals surface area contributed by atoms with Crippen LogP contribution in [0.2, 0.25) is 0 Å². The van der Waals surface area contributed by atoms with Gasteiger partial charge in [0, 0.05) is 49.2 Å². The van der Waals surface area contributed by atoms with Crippen molar-refractivity contribution in [3.8, 4) is 11.4 Å². The number of rotatable bonds is 8. The van der Waals surface area contributed by atoms with Crippen molar-refractivity contribution in [2.45, 2.75) is 57.7 Å². The van der Waals surface area contributed by atoms with Crippen LogP contribution >= 0.6 is 0 Å². The Labute approximate surface area is 213 Å². The molecular weight excluding hydrogens is 450 g/mol. The highest BCUT2D eigenvalue weighted by atomic mass is 16.5. The number of aryl methyl sites for hydroxylation is 1. The number of carbonyl (C=O) groups excluding carboxylic acids is 1. The van der Waals surface area contributed by atoms with Gasteiger partial charge in [0.1, 0.15) is 5.75 Å². The fourth-order valence-corrected chi connectivity index (χ4v) is 5.40. The molecule has 2 aliphatic rings. The average Bonchev–Trinajstić information content (AvgIpc) is 3.53. The molecule has 190 valence electrons. The van der Waals surface area contributed by atoms with Gasteiger partial charge < -0.3 is 19.9 Å². The molecule has 1 aliphatic carbocycles. The molecule has 1 saturated carbocycles. The first kappa shape index (κ1) is 24.5. The van der Waals surface area contributed by atoms with E-state index >= 15 is 0 Å². The molecule has 1 atom stereocenters. The highest BCUT2D eigenvalue weighted by Gasteiger charge is 2.28. The van der Waals surface area contributed by atoms with Crippen LogP contribution in [-0.2, 0) is 11.3 Å². The van der Waals surface area contributed by atoms with Gasteiger partial charge in [-0.3, -0.25) is 9.69 Å². The molecule has 7 heteroatoms. The molecule has 1 aliphatic heterocycles. The largest absolute Gasteiger partial charge is 0.490 e. The molecule has 0 spiro atoms. The van der Waals surface area contributed by atoms with Gasteiger partial charge in [-0.05, 0) is 82.0 Å². The van der Waals surface area contributed by atoms with Gasteiger partial charge in [0.2, 0.25) is 5.91 Å². The maximum absolute atomic E-state index is 13.2. The summed E-state index contributed by atoms with van der Waals surface area (Å²) in [7, 11) is 2.03. The van der Waals surface area contributed by atoms with E-state index in [1.54, 1.807) is 0 Å². The first-order valence-electron chi connectivity index (χ1n) is 13.1. The molecular formula is C29H37N5O2. The van der Waals surface area contributed by atoms with Crippen molar-refractivity contribution < 1.29 is 9.53 Å². The number of likely N-dealkylation sites (N-methyl/N-ethyl adjacent to an activating group) is 1. The van der Waals surface area contributed by atoms with E-state index in [0.29, 0.717) is 6.04 Å². The summed E-state index contributed by atoms with van der Waals surface area (Å²) in [4.78, 5) is 20.1. The van der Waals surface area contributed by atoms with Crippen molar-refractivity contribution in [2.24, 2.45) is 5.92 Å². The number of hydrogen-bond donors (Lipinski definition) is 2. The number of imidazole rings is 1. The lowest BCUT2D eigenvalue weighted by molar-refractivity contribution is -0.121. The SMILES string of the molecule is CN[C@H]1CCN(Cc2cc(NC(=O)C3CCC(Oc4ccccc4)CC3)cc(-n3cnc(C)c3)c2)C1. The zero-order chi connectivity index (χ0) is 24.9. The van der Waals surface area contributed by atoms with Gasteiger partial charge in [-0.25, -0.2) is 4.98 Å². The Hall–Kier alpha value is -3.16. The number of likely N-dealkylation sites (tertiary alicyclic amines) is 1. The second kappa shape index (κ2) is 11.3. The van der Waals surface area contributed by atoms with E-state index in [1.165, 1.54) is 5.56 Å². The highest BCUT2D eigenvalue weighted by Crippen LogP contribution is 2.29. The number of ether oxygens (including phenoxy) is 1. The minimum absolute atomic E-state index is 0.0122. The third-order valence-electron chi connectivity index (χ3n) is 7.43. The number of aromatic nitrogens is 2. The first-order chi connectivity index (χ1) is 17.6. The summed E-state index contributed by atoms with van der Waals surface area (Å²) >= 11 is 0. The van der Waals surface area contributed by atoms with E-state index in [9.17, 15) is 4.79 Å². The number of anilines is 1. The Morgan fingerprint density at radius 3 is 2.58 bits per heavy atom. The third-order valence-corrected chi connectivity index (χ3v) is 7.43. The minimum Gasteiger partial charge on any atom is -0.490 e. The van der Waals surface area contributed by atoms with Gasteiger partial charge in [-0.2, -0.15) is 0 Å². The molecule has 1 saturated heterocycles. The molecule has 0 unspecified atom stereocenters. The molecule has 1 amide bonds. The Balaban J connectivity index is 1.25. The summed E-state index contributed by atoms with van der Waals surface area (Å²) in [6, 6.07) is 16.9. The average molecular weight is 488 g/mol. The van der Waals surface area contributed by atoms with Crippen LogP contribution in [0.15, 0.2) is 61.1 Å². The number of para-hydroxylation sites is 1. The molecule has 7 nitrogen and oxygen atoms in total. The zero-order valence-electron chi connectivity index (χ0n) is 21.3. The summed E-state index contributed by atoms with van der Waals surface area (Å²) in [5, 5.41) is 6.62. The number of nitrogens with one attached hydrogen (secondary N) is 2. The molecule has 0 radical (unpaired) electrons. The van der Waals surface area contributed by atoms with Gasteiger partial charge in [0.15, 0.2) is 0 Å². The number of carbonyl (C=O) groups is 1. The van der Waals surface area contributed by atoms with E-state index in [-0.39, 0.29) is 17.9 Å². The Morgan fingerprint density at radius 1 is 1.08 bits per heavy atom. The second-order valence-electron chi connectivity index (χ2n) is 10.2. The monoisotopic (exact) mass is 487 g/mol. The van der Waals surface area contributed by atoms with Gasteiger partial charge in [-0.1, -0.05) is 18.2 Å². The van der Waals surface area contributed by atoms with Crippen LogP contribution in [0, 0.1) is 12.8 Å². The van der Waals surface area contributed by atoms with Crippen LogP contribution in [0.5, 0.6) is 5.75 Å². The maximum atomic E-state index is 13.2. The normalized spacial score (nSPS) is 22.4. The van der Waals surface area contributed by atoms with Crippen molar-refractivity contribution in [1.29, 1.82) is 0 Å². The number of nitrogens with zero attached hydrogens (tertiary/aromatic N) is 3. The van der Waals surface area contributed by atoms with Crippen LogP contribution in [0.4, 0.5) is 5.69 Å². The van der Waals surface area contributed by atoms with Crippen molar-refractivity contribution in [2.75, 3.05) is 25.5 Å². The summed E-state index contributed by atoms with van der Waals surface area (Å²) in [6.07, 6.45) is 8.68. The van der Waals surface area contributed by atoms with Crippen molar-refractivity contribution in [3.63, 3.8) is 0 Å². The third kappa shape index (κ3) is 6.15. The summed E-state index contributed by atoms with van der Waals surface area (Å²) in [6.45, 7) is 4.98. The molecule has 3 aromatic rings. The van der Waals surface area contributed by atoms with E-state index in [1.807, 2.05) is 67.5 Å². The standard InChI is InChI=1S/C29H37N5O2/c1-21-17-34(20-31-21)26-15-22(18-33-13-12-24(19-33)30-2)14-25(16-26)32-29(35)23-8-10-28(11-9-23)36-27-6-4-3-5-7-27/h3-7,14-17,20,23-24,28,30H,8-13,18-19H2,1-2H3,(H,32,35)/t23?,24-,28?/m0/s1. The van der Waals surface area contributed by atoms with E-state index < -0.39 is 0 Å². The topological polar surface area (TPSA) is 71.4 Å². The lowest BCUT2D eigenvalue weighted by Crippen LogP contribution is -2.31. The van der Waals surface area contributed by atoms with Crippen LogP contribution in [-0.4, -0.2) is 52.6 Å². The summed E-state index contributed by atoms with van der Waals surface area (Å²) < 4.78 is 8.14. The molecule has 36 heavy (non-hydrogen) atoms. The summed E-state index contributed by atoms with van der Waals surface area (Å²) in [5.74, 6) is 1.02. The fraction of sp³-hybridized carbons (Fsp3) is 0.448. The van der Waals surface area contributed by atoms with Gasteiger partial charge in [0.25, 0.3) is 0 Å². The predicted molar refractivity (Wildman–Crippen MR) is 142 cm³/mol. The number of amides is 1. The van der Waals surface area contributed by atoms with Crippen LogP contribution in [0.3, 0.4) is 0 Å².